The van der Waals surface area contributed by atoms with Gasteiger partial charge >= 0.3 is 5.69 Å². The normalized spacial score (nSPS) is 17.4. The maximum absolute atomic E-state index is 11.0. The fraction of sp³-hybridized carbons (Fsp3) is 0.615. The first-order chi connectivity index (χ1) is 9.11. The highest BCUT2D eigenvalue weighted by Gasteiger charge is 2.26. The minimum atomic E-state index is -0.406. The lowest BCUT2D eigenvalue weighted by Crippen LogP contribution is -2.35. The Bertz CT molecular complexity index is 458. The van der Waals surface area contributed by atoms with E-state index in [9.17, 15) is 10.1 Å². The van der Waals surface area contributed by atoms with Gasteiger partial charge in [0, 0.05) is 24.3 Å². The van der Waals surface area contributed by atoms with Gasteiger partial charge in [0.05, 0.1) is 4.92 Å². The number of aromatic nitrogens is 1. The van der Waals surface area contributed by atoms with Crippen molar-refractivity contribution in [1.29, 1.82) is 0 Å². The van der Waals surface area contributed by atoms with Crippen LogP contribution in [-0.2, 0) is 0 Å². The van der Waals surface area contributed by atoms with Crippen molar-refractivity contribution in [1.82, 2.24) is 4.98 Å². The summed E-state index contributed by atoms with van der Waals surface area (Å²) in [5, 5.41) is 14.2. The number of nitrogens with one attached hydrogen (secondary N) is 1. The van der Waals surface area contributed by atoms with Crippen LogP contribution in [0.4, 0.5) is 11.5 Å². The molecule has 0 bridgehead atoms. The van der Waals surface area contributed by atoms with Crippen LogP contribution in [0.25, 0.3) is 0 Å². The van der Waals surface area contributed by atoms with E-state index < -0.39 is 4.92 Å². The van der Waals surface area contributed by atoms with Gasteiger partial charge in [0.2, 0.25) is 5.82 Å². The molecule has 6 nitrogen and oxygen atoms in total. The molecule has 1 atom stereocenters. The molecule has 0 spiro atoms. The highest BCUT2D eigenvalue weighted by atomic mass is 16.6. The standard InChI is InChI=1S/C13H20N4O2/c1-9-6-7-12(17(18)19)13(15-9)16-11(8-14)10-4-2-3-5-10/h6-7,10-11H,2-5,8,14H2,1H3,(H,15,16). The molecule has 1 aromatic rings. The molecule has 1 saturated carbocycles. The van der Waals surface area contributed by atoms with Gasteiger partial charge in [0.1, 0.15) is 0 Å². The predicted molar refractivity (Wildman–Crippen MR) is 74.1 cm³/mol. The van der Waals surface area contributed by atoms with Crippen molar-refractivity contribution >= 4 is 11.5 Å². The van der Waals surface area contributed by atoms with Crippen LogP contribution < -0.4 is 11.1 Å². The third kappa shape index (κ3) is 3.20. The molecule has 1 unspecified atom stereocenters. The van der Waals surface area contributed by atoms with Crippen molar-refractivity contribution in [2.75, 3.05) is 11.9 Å². The highest BCUT2D eigenvalue weighted by molar-refractivity contribution is 5.56. The fourth-order valence-corrected chi connectivity index (χ4v) is 2.71. The first kappa shape index (κ1) is 13.7. The number of anilines is 1. The van der Waals surface area contributed by atoms with Crippen molar-refractivity contribution in [3.05, 3.63) is 27.9 Å². The van der Waals surface area contributed by atoms with E-state index >= 15 is 0 Å². The Hall–Kier alpha value is -1.69. The fourth-order valence-electron chi connectivity index (χ4n) is 2.71. The molecule has 0 aliphatic heterocycles. The van der Waals surface area contributed by atoms with E-state index in [1.807, 2.05) is 6.92 Å². The maximum Gasteiger partial charge on any atom is 0.311 e. The van der Waals surface area contributed by atoms with Crippen LogP contribution in [0.5, 0.6) is 0 Å². The summed E-state index contributed by atoms with van der Waals surface area (Å²) in [4.78, 5) is 14.9. The van der Waals surface area contributed by atoms with Crippen molar-refractivity contribution in [2.45, 2.75) is 38.6 Å². The van der Waals surface area contributed by atoms with E-state index in [0.717, 1.165) is 18.5 Å². The molecule has 19 heavy (non-hydrogen) atoms. The minimum Gasteiger partial charge on any atom is -0.360 e. The molecule has 0 amide bonds. The number of aryl methyl sites for hydroxylation is 1. The molecular formula is C13H20N4O2. The predicted octanol–water partition coefficient (Wildman–Crippen LogP) is 2.23. The average Bonchev–Trinajstić information content (AvgIpc) is 2.89. The minimum absolute atomic E-state index is 0.0158. The van der Waals surface area contributed by atoms with Gasteiger partial charge in [0.25, 0.3) is 0 Å². The number of rotatable bonds is 5. The molecule has 0 radical (unpaired) electrons. The summed E-state index contributed by atoms with van der Waals surface area (Å²) in [5.41, 5.74) is 6.58. The lowest BCUT2D eigenvalue weighted by Gasteiger charge is -2.23. The van der Waals surface area contributed by atoms with Crippen LogP contribution in [0.1, 0.15) is 31.4 Å². The summed E-state index contributed by atoms with van der Waals surface area (Å²) < 4.78 is 0. The van der Waals surface area contributed by atoms with Gasteiger partial charge in [-0.1, -0.05) is 12.8 Å². The second kappa shape index (κ2) is 5.97. The summed E-state index contributed by atoms with van der Waals surface area (Å²) in [5.74, 6) is 0.833. The van der Waals surface area contributed by atoms with Gasteiger partial charge < -0.3 is 11.1 Å². The molecule has 1 aliphatic carbocycles. The van der Waals surface area contributed by atoms with Gasteiger partial charge in [-0.3, -0.25) is 10.1 Å². The second-order valence-electron chi connectivity index (χ2n) is 5.11. The SMILES string of the molecule is Cc1ccc([N+](=O)[O-])c(NC(CN)C2CCCC2)n1. The van der Waals surface area contributed by atoms with Crippen LogP contribution in [0.15, 0.2) is 12.1 Å². The summed E-state index contributed by atoms with van der Waals surface area (Å²) in [6, 6.07) is 3.21. The van der Waals surface area contributed by atoms with E-state index in [2.05, 4.69) is 10.3 Å². The number of hydrogen-bond acceptors (Lipinski definition) is 5. The van der Waals surface area contributed by atoms with Crippen LogP contribution in [-0.4, -0.2) is 22.5 Å². The zero-order chi connectivity index (χ0) is 13.8. The molecule has 0 aromatic carbocycles. The largest absolute Gasteiger partial charge is 0.360 e. The zero-order valence-electron chi connectivity index (χ0n) is 11.1. The number of nitrogens with zero attached hydrogens (tertiary/aromatic N) is 2. The Kier molecular flexibility index (Phi) is 4.31. The first-order valence-electron chi connectivity index (χ1n) is 6.70. The third-order valence-electron chi connectivity index (χ3n) is 3.75. The molecule has 6 heteroatoms. The van der Waals surface area contributed by atoms with Crippen LogP contribution >= 0.6 is 0 Å². The second-order valence-corrected chi connectivity index (χ2v) is 5.11. The zero-order valence-corrected chi connectivity index (χ0v) is 11.1. The summed E-state index contributed by atoms with van der Waals surface area (Å²) in [6.07, 6.45) is 4.70. The Morgan fingerprint density at radius 3 is 2.79 bits per heavy atom. The smallest absolute Gasteiger partial charge is 0.311 e. The molecule has 1 heterocycles. The van der Waals surface area contributed by atoms with Crippen molar-refractivity contribution in [3.8, 4) is 0 Å². The van der Waals surface area contributed by atoms with Crippen LogP contribution in [0, 0.1) is 23.0 Å². The summed E-state index contributed by atoms with van der Waals surface area (Å²) in [7, 11) is 0. The van der Waals surface area contributed by atoms with Gasteiger partial charge in [-0.2, -0.15) is 0 Å². The van der Waals surface area contributed by atoms with E-state index in [-0.39, 0.29) is 11.7 Å². The van der Waals surface area contributed by atoms with E-state index in [1.165, 1.54) is 18.9 Å². The van der Waals surface area contributed by atoms with Crippen LogP contribution in [0.2, 0.25) is 0 Å². The van der Waals surface area contributed by atoms with Crippen molar-refractivity contribution < 1.29 is 4.92 Å². The highest BCUT2D eigenvalue weighted by Crippen LogP contribution is 2.30. The molecule has 1 aromatic heterocycles. The van der Waals surface area contributed by atoms with Crippen molar-refractivity contribution in [2.24, 2.45) is 11.7 Å². The quantitative estimate of drug-likeness (QED) is 0.628. The monoisotopic (exact) mass is 264 g/mol. The van der Waals surface area contributed by atoms with E-state index in [4.69, 9.17) is 5.73 Å². The number of pyridine rings is 1. The molecular weight excluding hydrogens is 244 g/mol. The van der Waals surface area contributed by atoms with Crippen molar-refractivity contribution in [3.63, 3.8) is 0 Å². The maximum atomic E-state index is 11.0. The van der Waals surface area contributed by atoms with Gasteiger partial charge in [0.15, 0.2) is 0 Å². The third-order valence-corrected chi connectivity index (χ3v) is 3.75. The topological polar surface area (TPSA) is 94.1 Å². The summed E-state index contributed by atoms with van der Waals surface area (Å²) in [6.45, 7) is 2.29. The lowest BCUT2D eigenvalue weighted by molar-refractivity contribution is -0.384. The average molecular weight is 264 g/mol. The van der Waals surface area contributed by atoms with E-state index in [0.29, 0.717) is 18.3 Å². The summed E-state index contributed by atoms with van der Waals surface area (Å²) >= 11 is 0. The van der Waals surface area contributed by atoms with Gasteiger partial charge in [-0.25, -0.2) is 4.98 Å². The lowest BCUT2D eigenvalue weighted by atomic mass is 9.98. The Morgan fingerprint density at radius 1 is 1.53 bits per heavy atom. The molecule has 0 saturated heterocycles. The Labute approximate surface area is 112 Å². The molecule has 3 N–H and O–H groups in total. The number of hydrogen-bond donors (Lipinski definition) is 2. The van der Waals surface area contributed by atoms with Crippen LogP contribution in [0.3, 0.4) is 0 Å². The van der Waals surface area contributed by atoms with E-state index in [1.54, 1.807) is 6.07 Å². The first-order valence-corrected chi connectivity index (χ1v) is 6.70. The Balaban J connectivity index is 2.20. The Morgan fingerprint density at radius 2 is 2.21 bits per heavy atom. The van der Waals surface area contributed by atoms with Gasteiger partial charge in [-0.15, -0.1) is 0 Å². The molecule has 2 rings (SSSR count). The van der Waals surface area contributed by atoms with Gasteiger partial charge in [-0.05, 0) is 31.7 Å². The number of nitro groups is 1. The number of nitrogens with two attached hydrogens (primary N) is 1. The molecule has 1 fully saturated rings. The molecule has 104 valence electrons. The molecule has 1 aliphatic rings.